The molecule has 0 bridgehead atoms. The van der Waals surface area contributed by atoms with Gasteiger partial charge in [-0.2, -0.15) is 0 Å². The Morgan fingerprint density at radius 1 is 1.22 bits per heavy atom. The summed E-state index contributed by atoms with van der Waals surface area (Å²) >= 11 is 3.43. The maximum absolute atomic E-state index is 13.1. The lowest BCUT2D eigenvalue weighted by Gasteiger charge is -2.11. The van der Waals surface area contributed by atoms with Crippen LogP contribution in [0.15, 0.2) is 40.9 Å². The van der Waals surface area contributed by atoms with E-state index in [0.717, 1.165) is 10.0 Å². The van der Waals surface area contributed by atoms with Crippen LogP contribution in [-0.2, 0) is 6.54 Å². The molecular weight excluding hydrogens is 297 g/mol. The highest BCUT2D eigenvalue weighted by Crippen LogP contribution is 2.28. The molecule has 0 aromatic heterocycles. The first-order valence-electron chi connectivity index (χ1n) is 5.52. The lowest BCUT2D eigenvalue weighted by Crippen LogP contribution is -2.00. The molecule has 0 amide bonds. The van der Waals surface area contributed by atoms with Gasteiger partial charge in [0.2, 0.25) is 0 Å². The van der Waals surface area contributed by atoms with E-state index in [1.807, 2.05) is 25.1 Å². The van der Waals surface area contributed by atoms with E-state index in [4.69, 9.17) is 10.5 Å². The summed E-state index contributed by atoms with van der Waals surface area (Å²) in [6, 6.07) is 10.0. The van der Waals surface area contributed by atoms with E-state index in [-0.39, 0.29) is 12.4 Å². The van der Waals surface area contributed by atoms with E-state index in [1.165, 1.54) is 12.1 Å². The molecule has 0 atom stereocenters. The first kappa shape index (κ1) is 13.1. The van der Waals surface area contributed by atoms with Crippen molar-refractivity contribution in [2.45, 2.75) is 13.5 Å². The number of hydrogen-bond donors (Lipinski definition) is 1. The van der Waals surface area contributed by atoms with Gasteiger partial charge < -0.3 is 10.5 Å². The zero-order valence-electron chi connectivity index (χ0n) is 9.91. The molecular formula is C14H13BrFNO. The summed E-state index contributed by atoms with van der Waals surface area (Å²) in [7, 11) is 0. The molecule has 0 unspecified atom stereocenters. The molecule has 0 aliphatic carbocycles. The van der Waals surface area contributed by atoms with Crippen LogP contribution in [-0.4, -0.2) is 0 Å². The van der Waals surface area contributed by atoms with Crippen LogP contribution in [0.5, 0.6) is 11.5 Å². The monoisotopic (exact) mass is 309 g/mol. The Balaban J connectivity index is 2.30. The van der Waals surface area contributed by atoms with Gasteiger partial charge in [0.1, 0.15) is 17.3 Å². The molecule has 0 spiro atoms. The van der Waals surface area contributed by atoms with Crippen molar-refractivity contribution in [2.24, 2.45) is 5.73 Å². The van der Waals surface area contributed by atoms with Crippen LogP contribution >= 0.6 is 15.9 Å². The second kappa shape index (κ2) is 5.50. The summed E-state index contributed by atoms with van der Waals surface area (Å²) in [4.78, 5) is 0. The number of halogens is 2. The van der Waals surface area contributed by atoms with Crippen LogP contribution < -0.4 is 10.5 Å². The molecule has 0 radical (unpaired) electrons. The second-order valence-corrected chi connectivity index (χ2v) is 4.82. The molecule has 2 aromatic carbocycles. The van der Waals surface area contributed by atoms with Gasteiger partial charge in [-0.25, -0.2) is 4.39 Å². The highest BCUT2D eigenvalue weighted by atomic mass is 79.9. The molecule has 0 fully saturated rings. The van der Waals surface area contributed by atoms with Crippen molar-refractivity contribution in [3.63, 3.8) is 0 Å². The normalized spacial score (nSPS) is 10.4. The number of rotatable bonds is 3. The molecule has 0 aliphatic rings. The summed E-state index contributed by atoms with van der Waals surface area (Å²) in [5.74, 6) is 0.979. The van der Waals surface area contributed by atoms with Gasteiger partial charge in [-0.3, -0.25) is 0 Å². The van der Waals surface area contributed by atoms with Crippen molar-refractivity contribution in [3.05, 3.63) is 57.8 Å². The predicted molar refractivity (Wildman–Crippen MR) is 73.2 cm³/mol. The maximum Gasteiger partial charge on any atom is 0.132 e. The number of aryl methyl sites for hydroxylation is 1. The molecule has 0 saturated carbocycles. The molecule has 2 nitrogen and oxygen atoms in total. The van der Waals surface area contributed by atoms with Crippen molar-refractivity contribution in [1.29, 1.82) is 0 Å². The third-order valence-electron chi connectivity index (χ3n) is 2.60. The SMILES string of the molecule is Cc1cc(Oc2ccc(F)cc2CN)ccc1Br. The number of ether oxygens (including phenoxy) is 1. The average Bonchev–Trinajstić information content (AvgIpc) is 2.36. The number of hydrogen-bond acceptors (Lipinski definition) is 2. The van der Waals surface area contributed by atoms with Crippen LogP contribution in [0.2, 0.25) is 0 Å². The smallest absolute Gasteiger partial charge is 0.132 e. The first-order valence-corrected chi connectivity index (χ1v) is 6.32. The zero-order chi connectivity index (χ0) is 13.1. The summed E-state index contributed by atoms with van der Waals surface area (Å²) in [6.45, 7) is 2.22. The quantitative estimate of drug-likeness (QED) is 0.924. The first-order chi connectivity index (χ1) is 8.60. The third-order valence-corrected chi connectivity index (χ3v) is 3.49. The van der Waals surface area contributed by atoms with Crippen LogP contribution in [0.3, 0.4) is 0 Å². The third kappa shape index (κ3) is 2.89. The summed E-state index contributed by atoms with van der Waals surface area (Å²) in [5, 5.41) is 0. The van der Waals surface area contributed by atoms with Gasteiger partial charge >= 0.3 is 0 Å². The molecule has 18 heavy (non-hydrogen) atoms. The van der Waals surface area contributed by atoms with Crippen molar-refractivity contribution < 1.29 is 9.13 Å². The van der Waals surface area contributed by atoms with Crippen molar-refractivity contribution in [2.75, 3.05) is 0 Å². The standard InChI is InChI=1S/C14H13BrFNO/c1-9-6-12(3-4-13(9)15)18-14-5-2-11(16)7-10(14)8-17/h2-7H,8,17H2,1H3. The fourth-order valence-electron chi connectivity index (χ4n) is 1.61. The molecule has 94 valence electrons. The van der Waals surface area contributed by atoms with Crippen molar-refractivity contribution >= 4 is 15.9 Å². The Morgan fingerprint density at radius 2 is 2.00 bits per heavy atom. The van der Waals surface area contributed by atoms with Gasteiger partial charge in [-0.1, -0.05) is 15.9 Å². The van der Waals surface area contributed by atoms with Crippen LogP contribution in [0, 0.1) is 12.7 Å². The van der Waals surface area contributed by atoms with Crippen LogP contribution in [0.1, 0.15) is 11.1 Å². The Morgan fingerprint density at radius 3 is 2.67 bits per heavy atom. The largest absolute Gasteiger partial charge is 0.457 e. The lowest BCUT2D eigenvalue weighted by atomic mass is 10.2. The molecule has 0 heterocycles. The Kier molecular flexibility index (Phi) is 3.99. The lowest BCUT2D eigenvalue weighted by molar-refractivity contribution is 0.473. The van der Waals surface area contributed by atoms with Gasteiger partial charge in [0.05, 0.1) is 0 Å². The molecule has 2 rings (SSSR count). The minimum absolute atomic E-state index is 0.239. The van der Waals surface area contributed by atoms with Crippen molar-refractivity contribution in [1.82, 2.24) is 0 Å². The van der Waals surface area contributed by atoms with Gasteiger partial charge in [-0.15, -0.1) is 0 Å². The van der Waals surface area contributed by atoms with Gasteiger partial charge in [0, 0.05) is 16.6 Å². The average molecular weight is 310 g/mol. The maximum atomic E-state index is 13.1. The van der Waals surface area contributed by atoms with Crippen molar-refractivity contribution in [3.8, 4) is 11.5 Å². The summed E-state index contributed by atoms with van der Waals surface area (Å²) in [6.07, 6.45) is 0. The van der Waals surface area contributed by atoms with E-state index >= 15 is 0 Å². The summed E-state index contributed by atoms with van der Waals surface area (Å²) in [5.41, 5.74) is 7.29. The highest BCUT2D eigenvalue weighted by Gasteiger charge is 2.06. The Bertz CT molecular complexity index is 572. The zero-order valence-corrected chi connectivity index (χ0v) is 11.5. The Hall–Kier alpha value is -1.39. The molecule has 4 heteroatoms. The van der Waals surface area contributed by atoms with E-state index in [1.54, 1.807) is 6.07 Å². The Labute approximate surface area is 114 Å². The molecule has 2 N–H and O–H groups in total. The summed E-state index contributed by atoms with van der Waals surface area (Å²) < 4.78 is 19.8. The van der Waals surface area contributed by atoms with Crippen LogP contribution in [0.25, 0.3) is 0 Å². The highest BCUT2D eigenvalue weighted by molar-refractivity contribution is 9.10. The van der Waals surface area contributed by atoms with E-state index < -0.39 is 0 Å². The van der Waals surface area contributed by atoms with E-state index in [0.29, 0.717) is 17.1 Å². The van der Waals surface area contributed by atoms with Gasteiger partial charge in [-0.05, 0) is 48.9 Å². The molecule has 0 saturated heterocycles. The fourth-order valence-corrected chi connectivity index (χ4v) is 1.86. The van der Waals surface area contributed by atoms with E-state index in [2.05, 4.69) is 15.9 Å². The van der Waals surface area contributed by atoms with E-state index in [9.17, 15) is 4.39 Å². The fraction of sp³-hybridized carbons (Fsp3) is 0.143. The second-order valence-electron chi connectivity index (χ2n) is 3.97. The topological polar surface area (TPSA) is 35.2 Å². The van der Waals surface area contributed by atoms with Crippen LogP contribution in [0.4, 0.5) is 4.39 Å². The molecule has 2 aromatic rings. The molecule has 0 aliphatic heterocycles. The number of benzene rings is 2. The minimum atomic E-state index is -0.310. The van der Waals surface area contributed by atoms with Gasteiger partial charge in [0.15, 0.2) is 0 Å². The number of nitrogens with two attached hydrogens (primary N) is 1. The van der Waals surface area contributed by atoms with Gasteiger partial charge in [0.25, 0.3) is 0 Å². The minimum Gasteiger partial charge on any atom is -0.457 e. The predicted octanol–water partition coefficient (Wildman–Crippen LogP) is 4.15.